The maximum absolute atomic E-state index is 14.3. The van der Waals surface area contributed by atoms with E-state index in [1.165, 1.54) is 55.6 Å². The van der Waals surface area contributed by atoms with Crippen molar-refractivity contribution in [3.63, 3.8) is 0 Å². The van der Waals surface area contributed by atoms with Crippen LogP contribution in [0.15, 0.2) is 25.0 Å². The highest BCUT2D eigenvalue weighted by Crippen LogP contribution is 2.21. The molecule has 24 nitrogen and oxygen atoms in total. The minimum Gasteiger partial charge on any atom is -0.480 e. The maximum atomic E-state index is 14.3. The van der Waals surface area contributed by atoms with E-state index in [1.807, 2.05) is 20.1 Å². The summed E-state index contributed by atoms with van der Waals surface area (Å²) in [6.07, 6.45) is 7.26. The lowest BCUT2D eigenvalue weighted by Crippen LogP contribution is -2.60. The third kappa shape index (κ3) is 18.2. The molecule has 2 aromatic rings. The maximum Gasteiger partial charge on any atom is 0.326 e. The van der Waals surface area contributed by atoms with Gasteiger partial charge in [-0.1, -0.05) is 27.7 Å². The van der Waals surface area contributed by atoms with Gasteiger partial charge in [-0.2, -0.15) is 11.8 Å². The second-order valence-electron chi connectivity index (χ2n) is 17.7. The van der Waals surface area contributed by atoms with Crippen LogP contribution in [0.5, 0.6) is 0 Å². The minimum atomic E-state index is -1.34. The number of imidazole rings is 2. The van der Waals surface area contributed by atoms with Gasteiger partial charge in [-0.3, -0.25) is 38.4 Å². The number of carbonyl (C=O) groups is 9. The summed E-state index contributed by atoms with van der Waals surface area (Å²) in [5, 5.41) is 37.3. The Labute approximate surface area is 399 Å². The zero-order valence-electron chi connectivity index (χ0n) is 39.6. The molecule has 0 bridgehead atoms. The molecule has 13 N–H and O–H groups in total. The molecular formula is C43H69N13O11S. The van der Waals surface area contributed by atoms with Crippen LogP contribution < -0.4 is 43.0 Å². The number of thioether (sulfide) groups is 1. The number of nitrogens with one attached hydrogen (secondary N) is 9. The van der Waals surface area contributed by atoms with Gasteiger partial charge in [0, 0.05) is 43.2 Å². The van der Waals surface area contributed by atoms with Gasteiger partial charge < -0.3 is 68.0 Å². The monoisotopic (exact) mass is 975 g/mol. The van der Waals surface area contributed by atoms with Gasteiger partial charge in [0.2, 0.25) is 47.3 Å². The van der Waals surface area contributed by atoms with Crippen molar-refractivity contribution in [1.82, 2.24) is 62.1 Å². The number of aromatic nitrogens is 4. The fourth-order valence-electron chi connectivity index (χ4n) is 7.29. The molecule has 68 heavy (non-hydrogen) atoms. The summed E-state index contributed by atoms with van der Waals surface area (Å²) in [6, 6.07) is -9.58. The van der Waals surface area contributed by atoms with E-state index >= 15 is 0 Å². The van der Waals surface area contributed by atoms with Gasteiger partial charge in [0.05, 0.1) is 25.3 Å². The van der Waals surface area contributed by atoms with E-state index in [2.05, 4.69) is 57.2 Å². The third-order valence-corrected chi connectivity index (χ3v) is 11.6. The van der Waals surface area contributed by atoms with Crippen LogP contribution in [0.3, 0.4) is 0 Å². The Kier molecular flexibility index (Phi) is 22.9. The molecule has 3 heterocycles. The van der Waals surface area contributed by atoms with Crippen molar-refractivity contribution in [2.75, 3.05) is 25.1 Å². The number of rotatable bonds is 28. The van der Waals surface area contributed by atoms with E-state index in [0.717, 1.165) is 0 Å². The van der Waals surface area contributed by atoms with Crippen molar-refractivity contribution in [3.05, 3.63) is 36.4 Å². The third-order valence-electron chi connectivity index (χ3n) is 11.0. The Balaban J connectivity index is 1.79. The molecule has 9 atom stereocenters. The van der Waals surface area contributed by atoms with Crippen molar-refractivity contribution in [3.8, 4) is 0 Å². The lowest BCUT2D eigenvalue weighted by atomic mass is 10.0. The van der Waals surface area contributed by atoms with E-state index in [0.29, 0.717) is 23.6 Å². The van der Waals surface area contributed by atoms with Crippen molar-refractivity contribution in [2.45, 2.75) is 141 Å². The summed E-state index contributed by atoms with van der Waals surface area (Å²) < 4.78 is 0. The summed E-state index contributed by atoms with van der Waals surface area (Å²) in [7, 11) is 0. The molecule has 0 saturated carbocycles. The number of likely N-dealkylation sites (tertiary alicyclic amines) is 1. The number of hydrogen-bond acceptors (Lipinski definition) is 14. The number of aromatic amines is 2. The molecular weight excluding hydrogens is 907 g/mol. The highest BCUT2D eigenvalue weighted by Gasteiger charge is 2.40. The molecule has 378 valence electrons. The Hall–Kier alpha value is -6.08. The Bertz CT molecular complexity index is 2000. The predicted octanol–water partition coefficient (Wildman–Crippen LogP) is -2.41. The van der Waals surface area contributed by atoms with Gasteiger partial charge in [-0.25, -0.2) is 14.8 Å². The topological polar surface area (TPSA) is 365 Å². The number of carboxylic acids is 1. The number of carboxylic acid groups (broad SMARTS) is 1. The molecule has 1 aliphatic heterocycles. The van der Waals surface area contributed by atoms with Crippen LogP contribution in [-0.4, -0.2) is 168 Å². The average Bonchev–Trinajstić information content (AvgIpc) is 4.09. The molecule has 0 spiro atoms. The average molecular weight is 976 g/mol. The Morgan fingerprint density at radius 2 is 1.26 bits per heavy atom. The van der Waals surface area contributed by atoms with Crippen molar-refractivity contribution in [2.24, 2.45) is 17.6 Å². The molecule has 8 amide bonds. The van der Waals surface area contributed by atoms with Gasteiger partial charge in [0.15, 0.2) is 0 Å². The quantitative estimate of drug-likeness (QED) is 0.0423. The van der Waals surface area contributed by atoms with Gasteiger partial charge in [0.1, 0.15) is 48.3 Å². The van der Waals surface area contributed by atoms with Gasteiger partial charge in [0.25, 0.3) is 0 Å². The van der Waals surface area contributed by atoms with E-state index in [4.69, 9.17) is 5.73 Å². The van der Waals surface area contributed by atoms with Crippen molar-refractivity contribution < 1.29 is 53.4 Å². The zero-order chi connectivity index (χ0) is 50.7. The second-order valence-corrected chi connectivity index (χ2v) is 18.7. The van der Waals surface area contributed by atoms with Crippen molar-refractivity contribution >= 4 is 65.0 Å². The molecule has 0 aliphatic carbocycles. The molecule has 0 unspecified atom stereocenters. The highest BCUT2D eigenvalue weighted by molar-refractivity contribution is 7.98. The molecule has 1 aliphatic rings. The molecule has 1 saturated heterocycles. The summed E-state index contributed by atoms with van der Waals surface area (Å²) in [5.74, 6) is -6.58. The van der Waals surface area contributed by atoms with Crippen LogP contribution in [-0.2, 0) is 56.0 Å². The molecule has 25 heteroatoms. The van der Waals surface area contributed by atoms with Crippen molar-refractivity contribution in [1.29, 1.82) is 0 Å². The summed E-state index contributed by atoms with van der Waals surface area (Å²) in [5.41, 5.74) is 6.70. The Morgan fingerprint density at radius 1 is 0.735 bits per heavy atom. The normalized spacial score (nSPS) is 17.1. The van der Waals surface area contributed by atoms with E-state index in [1.54, 1.807) is 13.8 Å². The highest BCUT2D eigenvalue weighted by atomic mass is 32.2. The number of nitrogens with two attached hydrogens (primary N) is 1. The second kappa shape index (κ2) is 27.7. The predicted molar refractivity (Wildman–Crippen MR) is 249 cm³/mol. The standard InChI is InChI=1S/C43H69N13O11S/c1-22(2)13-31(55-37(60)28(10-12-68-7)52-41(64)35(44)25(6)57)42(65)56-11-8-9-33(56)40(63)54-30(16-27-18-46-21-49-27)39(62)53-29(15-26-17-45-20-48-26)38(61)50-24(5)36(59)47-19-34(58)51-32(43(66)67)14-23(3)4/h17-18,20-25,28-33,35,57H,8-16,19,44H2,1-7H3,(H,45,48)(H,46,49)(H,47,59)(H,50,61)(H,51,58)(H,52,64)(H,53,62)(H,54,63)(H,55,60)(H,66,67)/t24-,25+,28-,29-,30-,31-,32-,33-,35-/m0/s1. The number of aliphatic hydroxyl groups excluding tert-OH is 1. The summed E-state index contributed by atoms with van der Waals surface area (Å²) in [4.78, 5) is 135. The van der Waals surface area contributed by atoms with Gasteiger partial charge in [-0.05, 0) is 69.8 Å². The first kappa shape index (κ1) is 56.2. The van der Waals surface area contributed by atoms with E-state index in [9.17, 15) is 53.4 Å². The number of nitrogens with zero attached hydrogens (tertiary/aromatic N) is 3. The first-order chi connectivity index (χ1) is 32.1. The fourth-order valence-corrected chi connectivity index (χ4v) is 7.76. The van der Waals surface area contributed by atoms with Gasteiger partial charge in [-0.15, -0.1) is 0 Å². The van der Waals surface area contributed by atoms with E-state index in [-0.39, 0.29) is 56.9 Å². The lowest BCUT2D eigenvalue weighted by molar-refractivity contribution is -0.143. The largest absolute Gasteiger partial charge is 0.480 e. The van der Waals surface area contributed by atoms with Crippen LogP contribution in [0, 0.1) is 11.8 Å². The number of H-pyrrole nitrogens is 2. The van der Waals surface area contributed by atoms with Crippen LogP contribution in [0.4, 0.5) is 0 Å². The summed E-state index contributed by atoms with van der Waals surface area (Å²) in [6.45, 7) is 9.61. The molecule has 1 fully saturated rings. The van der Waals surface area contributed by atoms with Crippen LogP contribution in [0.25, 0.3) is 0 Å². The fraction of sp³-hybridized carbons (Fsp3) is 0.651. The van der Waals surface area contributed by atoms with Crippen LogP contribution in [0.1, 0.15) is 85.0 Å². The van der Waals surface area contributed by atoms with Crippen LogP contribution in [0.2, 0.25) is 0 Å². The first-order valence-corrected chi connectivity index (χ1v) is 24.0. The lowest BCUT2D eigenvalue weighted by Gasteiger charge is -2.31. The molecule has 0 radical (unpaired) electrons. The number of aliphatic hydroxyl groups is 1. The van der Waals surface area contributed by atoms with Gasteiger partial charge >= 0.3 is 5.97 Å². The number of aliphatic carboxylic acids is 1. The Morgan fingerprint density at radius 3 is 1.79 bits per heavy atom. The first-order valence-electron chi connectivity index (χ1n) is 22.6. The summed E-state index contributed by atoms with van der Waals surface area (Å²) >= 11 is 1.44. The van der Waals surface area contributed by atoms with Crippen LogP contribution >= 0.6 is 11.8 Å². The minimum absolute atomic E-state index is 0.0287. The SMILES string of the molecule is CSCC[C@H](NC(=O)[C@@H](N)[C@@H](C)O)C(=O)N[C@@H](CC(C)C)C(=O)N1CCC[C@H]1C(=O)N[C@@H](Cc1cnc[nH]1)C(=O)N[C@@H](Cc1cnc[nH]1)C(=O)N[C@@H](C)C(=O)NCC(=O)N[C@@H](CC(C)C)C(=O)O. The zero-order valence-corrected chi connectivity index (χ0v) is 40.4. The number of carbonyl (C=O) groups excluding carboxylic acids is 8. The molecule has 2 aromatic heterocycles. The smallest absolute Gasteiger partial charge is 0.326 e. The molecule has 3 rings (SSSR count). The molecule has 0 aromatic carbocycles. The number of hydrogen-bond donors (Lipinski definition) is 12. The number of amides is 8. The van der Waals surface area contributed by atoms with E-state index < -0.39 is 114 Å².